The van der Waals surface area contributed by atoms with Crippen LogP contribution in [0.4, 0.5) is 5.69 Å². The van der Waals surface area contributed by atoms with E-state index in [4.69, 9.17) is 0 Å². The number of carboxylic acid groups (broad SMARTS) is 1. The summed E-state index contributed by atoms with van der Waals surface area (Å²) < 4.78 is 1.60. The molecule has 0 aliphatic rings. The summed E-state index contributed by atoms with van der Waals surface area (Å²) in [6, 6.07) is 7.14. The van der Waals surface area contributed by atoms with E-state index in [0.717, 1.165) is 6.07 Å². The van der Waals surface area contributed by atoms with E-state index < -0.39 is 22.1 Å². The number of nitro benzene ring substituents is 1. The van der Waals surface area contributed by atoms with Gasteiger partial charge in [-0.25, -0.2) is 4.79 Å². The summed E-state index contributed by atoms with van der Waals surface area (Å²) in [5, 5.41) is 20.1. The normalized spacial score (nSPS) is 10.3. The lowest BCUT2D eigenvalue weighted by atomic mass is 10.1. The third kappa shape index (κ3) is 3.00. The van der Waals surface area contributed by atoms with Crippen molar-refractivity contribution in [2.24, 2.45) is 0 Å². The summed E-state index contributed by atoms with van der Waals surface area (Å²) in [6.45, 7) is -0.0679. The van der Waals surface area contributed by atoms with Gasteiger partial charge < -0.3 is 9.67 Å². The molecule has 0 saturated carbocycles. The topological polar surface area (TPSA) is 102 Å². The van der Waals surface area contributed by atoms with Gasteiger partial charge in [0, 0.05) is 12.3 Å². The molecule has 0 atom stereocenters. The fraction of sp³-hybridized carbons (Fsp3) is 0.0769. The van der Waals surface area contributed by atoms with E-state index in [-0.39, 0.29) is 17.7 Å². The van der Waals surface area contributed by atoms with Gasteiger partial charge in [-0.15, -0.1) is 0 Å². The van der Waals surface area contributed by atoms with Crippen molar-refractivity contribution in [2.45, 2.75) is 6.54 Å². The van der Waals surface area contributed by atoms with Gasteiger partial charge in [-0.2, -0.15) is 0 Å². The largest absolute Gasteiger partial charge is 0.477 e. The van der Waals surface area contributed by atoms with Crippen LogP contribution >= 0.6 is 15.9 Å². The zero-order valence-electron chi connectivity index (χ0n) is 10.5. The summed E-state index contributed by atoms with van der Waals surface area (Å²) in [6.07, 6.45) is 1.48. The first-order chi connectivity index (χ1) is 9.91. The number of aromatic carboxylic acids is 1. The Hall–Kier alpha value is -2.48. The third-order valence-electron chi connectivity index (χ3n) is 2.85. The van der Waals surface area contributed by atoms with E-state index in [1.807, 2.05) is 0 Å². The number of carboxylic acids is 1. The summed E-state index contributed by atoms with van der Waals surface area (Å²) in [7, 11) is 0. The van der Waals surface area contributed by atoms with Crippen molar-refractivity contribution in [3.63, 3.8) is 0 Å². The van der Waals surface area contributed by atoms with Crippen molar-refractivity contribution < 1.29 is 14.8 Å². The second-order valence-electron chi connectivity index (χ2n) is 4.16. The van der Waals surface area contributed by atoms with E-state index in [9.17, 15) is 24.8 Å². The standard InChI is InChI=1S/C13H9BrN2O5/c14-9-4-2-6-15(12(9)17)7-8-3-1-5-10(16(20)21)11(8)13(18)19/h1-6H,7H2,(H,18,19). The SMILES string of the molecule is O=C(O)c1c(Cn2cccc(Br)c2=O)cccc1[N+](=O)[O-]. The fourth-order valence-corrected chi connectivity index (χ4v) is 2.31. The van der Waals surface area contributed by atoms with Crippen molar-refractivity contribution >= 4 is 27.6 Å². The number of benzene rings is 1. The van der Waals surface area contributed by atoms with Gasteiger partial charge in [0.15, 0.2) is 0 Å². The molecule has 2 rings (SSSR count). The van der Waals surface area contributed by atoms with Crippen molar-refractivity contribution in [1.29, 1.82) is 0 Å². The Balaban J connectivity index is 2.57. The van der Waals surface area contributed by atoms with Crippen LogP contribution in [0.2, 0.25) is 0 Å². The van der Waals surface area contributed by atoms with E-state index >= 15 is 0 Å². The van der Waals surface area contributed by atoms with E-state index in [1.54, 1.807) is 12.1 Å². The molecule has 21 heavy (non-hydrogen) atoms. The first-order valence-electron chi connectivity index (χ1n) is 5.76. The molecule has 0 spiro atoms. The van der Waals surface area contributed by atoms with E-state index in [0.29, 0.717) is 4.47 Å². The molecule has 0 aliphatic heterocycles. The highest BCUT2D eigenvalue weighted by atomic mass is 79.9. The van der Waals surface area contributed by atoms with E-state index in [1.165, 1.54) is 22.9 Å². The lowest BCUT2D eigenvalue weighted by molar-refractivity contribution is -0.385. The number of nitro groups is 1. The maximum atomic E-state index is 11.9. The predicted molar refractivity (Wildman–Crippen MR) is 77.6 cm³/mol. The Morgan fingerprint density at radius 2 is 2.05 bits per heavy atom. The van der Waals surface area contributed by atoms with Crippen LogP contribution in [0.5, 0.6) is 0 Å². The number of aromatic nitrogens is 1. The minimum Gasteiger partial charge on any atom is -0.477 e. The van der Waals surface area contributed by atoms with Gasteiger partial charge in [0.25, 0.3) is 11.2 Å². The molecule has 0 fully saturated rings. The molecule has 0 amide bonds. The number of carbonyl (C=O) groups is 1. The number of hydrogen-bond donors (Lipinski definition) is 1. The molecule has 1 aromatic carbocycles. The summed E-state index contributed by atoms with van der Waals surface area (Å²) in [5.74, 6) is -1.40. The number of rotatable bonds is 4. The zero-order valence-corrected chi connectivity index (χ0v) is 12.1. The molecular weight excluding hydrogens is 344 g/mol. The molecule has 1 heterocycles. The molecule has 2 aromatic rings. The average Bonchev–Trinajstić information content (AvgIpc) is 2.43. The Kier molecular flexibility index (Phi) is 4.18. The van der Waals surface area contributed by atoms with Crippen molar-refractivity contribution in [3.8, 4) is 0 Å². The van der Waals surface area contributed by atoms with Gasteiger partial charge in [0.05, 0.1) is 15.9 Å². The Morgan fingerprint density at radius 3 is 2.67 bits per heavy atom. The summed E-state index contributed by atoms with van der Waals surface area (Å²) >= 11 is 3.09. The molecule has 1 aromatic heterocycles. The summed E-state index contributed by atoms with van der Waals surface area (Å²) in [4.78, 5) is 33.4. The highest BCUT2D eigenvalue weighted by Crippen LogP contribution is 2.23. The molecule has 0 unspecified atom stereocenters. The Morgan fingerprint density at radius 1 is 1.33 bits per heavy atom. The number of hydrogen-bond acceptors (Lipinski definition) is 4. The van der Waals surface area contributed by atoms with Crippen LogP contribution in [0.15, 0.2) is 45.8 Å². The van der Waals surface area contributed by atoms with Gasteiger partial charge in [-0.3, -0.25) is 14.9 Å². The molecule has 8 heteroatoms. The van der Waals surface area contributed by atoms with Crippen LogP contribution in [0.3, 0.4) is 0 Å². The molecule has 108 valence electrons. The van der Waals surface area contributed by atoms with Gasteiger partial charge in [0.2, 0.25) is 0 Å². The smallest absolute Gasteiger partial charge is 0.343 e. The molecule has 0 saturated heterocycles. The Bertz CT molecular complexity index is 784. The highest BCUT2D eigenvalue weighted by Gasteiger charge is 2.23. The molecule has 0 radical (unpaired) electrons. The van der Waals surface area contributed by atoms with Crippen LogP contribution in [0, 0.1) is 10.1 Å². The highest BCUT2D eigenvalue weighted by molar-refractivity contribution is 9.10. The fourth-order valence-electron chi connectivity index (χ4n) is 1.93. The summed E-state index contributed by atoms with van der Waals surface area (Å²) in [5.41, 5.74) is -1.06. The van der Waals surface area contributed by atoms with Gasteiger partial charge in [-0.1, -0.05) is 12.1 Å². The van der Waals surface area contributed by atoms with E-state index in [2.05, 4.69) is 15.9 Å². The minimum absolute atomic E-state index is 0.0679. The van der Waals surface area contributed by atoms with Crippen molar-refractivity contribution in [2.75, 3.05) is 0 Å². The number of nitrogens with zero attached hydrogens (tertiary/aromatic N) is 2. The van der Waals surface area contributed by atoms with Crippen molar-refractivity contribution in [1.82, 2.24) is 4.57 Å². The Labute approximate surface area is 126 Å². The predicted octanol–water partition coefficient (Wildman–Crippen LogP) is 2.27. The first kappa shape index (κ1) is 14.9. The number of pyridine rings is 1. The second kappa shape index (κ2) is 5.88. The van der Waals surface area contributed by atoms with Gasteiger partial charge in [0.1, 0.15) is 5.56 Å². The van der Waals surface area contributed by atoms with Crippen LogP contribution in [-0.2, 0) is 6.54 Å². The van der Waals surface area contributed by atoms with Crippen molar-refractivity contribution in [3.05, 3.63) is 72.6 Å². The lowest BCUT2D eigenvalue weighted by Crippen LogP contribution is -2.21. The minimum atomic E-state index is -1.40. The van der Waals surface area contributed by atoms with Gasteiger partial charge in [-0.05, 0) is 33.6 Å². The molecule has 0 aliphatic carbocycles. The maximum Gasteiger partial charge on any atom is 0.343 e. The second-order valence-corrected chi connectivity index (χ2v) is 5.02. The number of halogens is 1. The monoisotopic (exact) mass is 352 g/mol. The van der Waals surface area contributed by atoms with Crippen LogP contribution in [-0.4, -0.2) is 20.6 Å². The third-order valence-corrected chi connectivity index (χ3v) is 3.46. The maximum absolute atomic E-state index is 11.9. The van der Waals surface area contributed by atoms with Gasteiger partial charge >= 0.3 is 5.97 Å². The lowest BCUT2D eigenvalue weighted by Gasteiger charge is -2.09. The molecule has 0 bridgehead atoms. The molecular formula is C13H9BrN2O5. The zero-order chi connectivity index (χ0) is 15.6. The quantitative estimate of drug-likeness (QED) is 0.671. The van der Waals surface area contributed by atoms with Crippen LogP contribution in [0.25, 0.3) is 0 Å². The van der Waals surface area contributed by atoms with Crippen LogP contribution in [0.1, 0.15) is 15.9 Å². The average molecular weight is 353 g/mol. The molecule has 1 N–H and O–H groups in total. The molecule has 7 nitrogen and oxygen atoms in total. The first-order valence-corrected chi connectivity index (χ1v) is 6.55. The van der Waals surface area contributed by atoms with Crippen LogP contribution < -0.4 is 5.56 Å².